The highest BCUT2D eigenvalue weighted by atomic mass is 16.5. The zero-order valence-corrected chi connectivity index (χ0v) is 11.4. The van der Waals surface area contributed by atoms with E-state index >= 15 is 0 Å². The topological polar surface area (TPSA) is 34.2 Å². The number of hydrogen-bond acceptors (Lipinski definition) is 3. The van der Waals surface area contributed by atoms with E-state index in [1.54, 1.807) is 7.11 Å². The summed E-state index contributed by atoms with van der Waals surface area (Å²) in [6.45, 7) is 4.16. The highest BCUT2D eigenvalue weighted by molar-refractivity contribution is 5.82. The monoisotopic (exact) mass is 244 g/mol. The lowest BCUT2D eigenvalue weighted by Crippen LogP contribution is -2.39. The molecule has 0 aliphatic rings. The summed E-state index contributed by atoms with van der Waals surface area (Å²) in [5.41, 5.74) is 1.91. The molecule has 0 aliphatic carbocycles. The van der Waals surface area contributed by atoms with Gasteiger partial charge in [-0.05, 0) is 32.5 Å². The molecule has 0 radical (unpaired) electrons. The summed E-state index contributed by atoms with van der Waals surface area (Å²) in [4.78, 5) is 4.50. The summed E-state index contributed by atoms with van der Waals surface area (Å²) in [6, 6.07) is 10.4. The van der Waals surface area contributed by atoms with E-state index in [9.17, 15) is 0 Å². The molecule has 1 atom stereocenters. The Bertz CT molecular complexity index is 532. The maximum absolute atomic E-state index is 5.60. The van der Waals surface area contributed by atoms with Crippen molar-refractivity contribution in [3.63, 3.8) is 0 Å². The van der Waals surface area contributed by atoms with E-state index in [1.165, 1.54) is 5.56 Å². The van der Waals surface area contributed by atoms with Crippen molar-refractivity contribution in [2.75, 3.05) is 14.2 Å². The first-order chi connectivity index (χ1) is 8.60. The van der Waals surface area contributed by atoms with Gasteiger partial charge in [-0.3, -0.25) is 4.98 Å². The van der Waals surface area contributed by atoms with E-state index in [1.807, 2.05) is 19.3 Å². The summed E-state index contributed by atoms with van der Waals surface area (Å²) in [5.74, 6) is 0. The molecule has 0 aliphatic heterocycles. The van der Waals surface area contributed by atoms with E-state index in [4.69, 9.17) is 4.74 Å². The number of fused-ring (bicyclic) bond motifs is 1. The lowest BCUT2D eigenvalue weighted by atomic mass is 9.90. The Balaban J connectivity index is 2.59. The molecule has 0 bridgehead atoms. The lowest BCUT2D eigenvalue weighted by molar-refractivity contribution is -0.00864. The smallest absolute Gasteiger partial charge is 0.0817 e. The van der Waals surface area contributed by atoms with Crippen LogP contribution in [0.4, 0.5) is 0 Å². The van der Waals surface area contributed by atoms with E-state index in [-0.39, 0.29) is 11.6 Å². The van der Waals surface area contributed by atoms with Gasteiger partial charge < -0.3 is 10.1 Å². The number of methoxy groups -OCH3 is 1. The summed E-state index contributed by atoms with van der Waals surface area (Å²) in [6.07, 6.45) is 1.83. The third kappa shape index (κ3) is 2.24. The van der Waals surface area contributed by atoms with Gasteiger partial charge in [-0.2, -0.15) is 0 Å². The van der Waals surface area contributed by atoms with Crippen LogP contribution in [0.3, 0.4) is 0 Å². The van der Waals surface area contributed by atoms with Gasteiger partial charge in [0.2, 0.25) is 0 Å². The molecule has 1 unspecified atom stereocenters. The van der Waals surface area contributed by atoms with Crippen LogP contribution in [0.25, 0.3) is 10.9 Å². The lowest BCUT2D eigenvalue weighted by Gasteiger charge is -2.33. The SMILES string of the molecule is CNC(c1cccc2cccnc12)C(C)(C)OC. The van der Waals surface area contributed by atoms with Crippen molar-refractivity contribution in [1.29, 1.82) is 0 Å². The molecule has 1 aromatic heterocycles. The fourth-order valence-electron chi connectivity index (χ4n) is 2.36. The number of pyridine rings is 1. The van der Waals surface area contributed by atoms with Gasteiger partial charge in [-0.1, -0.05) is 24.3 Å². The maximum atomic E-state index is 5.60. The van der Waals surface area contributed by atoms with Gasteiger partial charge >= 0.3 is 0 Å². The number of para-hydroxylation sites is 1. The predicted octanol–water partition coefficient (Wildman–Crippen LogP) is 2.92. The first kappa shape index (κ1) is 13.0. The van der Waals surface area contributed by atoms with Crippen LogP contribution < -0.4 is 5.32 Å². The first-order valence-corrected chi connectivity index (χ1v) is 6.16. The van der Waals surface area contributed by atoms with E-state index < -0.39 is 0 Å². The Labute approximate surface area is 108 Å². The van der Waals surface area contributed by atoms with Crippen molar-refractivity contribution in [2.24, 2.45) is 0 Å². The molecule has 0 spiro atoms. The van der Waals surface area contributed by atoms with Crippen LogP contribution in [0.15, 0.2) is 36.5 Å². The average Bonchev–Trinajstić information content (AvgIpc) is 2.39. The number of ether oxygens (including phenoxy) is 1. The Morgan fingerprint density at radius 2 is 1.94 bits per heavy atom. The van der Waals surface area contributed by atoms with Crippen LogP contribution >= 0.6 is 0 Å². The zero-order chi connectivity index (χ0) is 13.2. The molecule has 0 amide bonds. The Hall–Kier alpha value is -1.45. The predicted molar refractivity (Wildman–Crippen MR) is 74.6 cm³/mol. The van der Waals surface area contributed by atoms with Crippen LogP contribution in [-0.4, -0.2) is 24.7 Å². The number of hydrogen-bond donors (Lipinski definition) is 1. The Morgan fingerprint density at radius 3 is 2.61 bits per heavy atom. The molecule has 1 heterocycles. The summed E-state index contributed by atoms with van der Waals surface area (Å²) < 4.78 is 5.60. The van der Waals surface area contributed by atoms with E-state index in [0.717, 1.165) is 10.9 Å². The molecule has 18 heavy (non-hydrogen) atoms. The van der Waals surface area contributed by atoms with Crippen LogP contribution in [0.2, 0.25) is 0 Å². The molecule has 3 nitrogen and oxygen atoms in total. The molecule has 0 fully saturated rings. The van der Waals surface area contributed by atoms with Gasteiger partial charge in [0.1, 0.15) is 0 Å². The maximum Gasteiger partial charge on any atom is 0.0817 e. The number of nitrogens with one attached hydrogen (secondary N) is 1. The number of aromatic nitrogens is 1. The molecule has 0 saturated carbocycles. The van der Waals surface area contributed by atoms with Crippen LogP contribution in [0, 0.1) is 0 Å². The molecular weight excluding hydrogens is 224 g/mol. The normalized spacial score (nSPS) is 13.8. The molecule has 2 rings (SSSR count). The average molecular weight is 244 g/mol. The van der Waals surface area contributed by atoms with E-state index in [0.29, 0.717) is 0 Å². The quantitative estimate of drug-likeness (QED) is 0.898. The zero-order valence-electron chi connectivity index (χ0n) is 11.4. The molecule has 96 valence electrons. The minimum atomic E-state index is -0.291. The van der Waals surface area contributed by atoms with Gasteiger partial charge in [-0.15, -0.1) is 0 Å². The minimum Gasteiger partial charge on any atom is -0.377 e. The number of nitrogens with zero attached hydrogens (tertiary/aromatic N) is 1. The minimum absolute atomic E-state index is 0.0982. The number of benzene rings is 1. The van der Waals surface area contributed by atoms with Gasteiger partial charge in [0.05, 0.1) is 17.2 Å². The summed E-state index contributed by atoms with van der Waals surface area (Å²) in [7, 11) is 3.69. The molecule has 2 aromatic rings. The van der Waals surface area contributed by atoms with Crippen molar-refractivity contribution in [1.82, 2.24) is 10.3 Å². The Morgan fingerprint density at radius 1 is 1.22 bits per heavy atom. The van der Waals surface area contributed by atoms with Gasteiger partial charge in [-0.25, -0.2) is 0 Å². The first-order valence-electron chi connectivity index (χ1n) is 6.16. The molecule has 1 N–H and O–H groups in total. The third-order valence-electron chi connectivity index (χ3n) is 3.48. The van der Waals surface area contributed by atoms with Crippen LogP contribution in [0.1, 0.15) is 25.5 Å². The van der Waals surface area contributed by atoms with Gasteiger partial charge in [0.25, 0.3) is 0 Å². The van der Waals surface area contributed by atoms with Crippen molar-refractivity contribution in [2.45, 2.75) is 25.5 Å². The van der Waals surface area contributed by atoms with E-state index in [2.05, 4.69) is 48.4 Å². The number of likely N-dealkylation sites (N-methyl/N-ethyl adjacent to an activating group) is 1. The highest BCUT2D eigenvalue weighted by Gasteiger charge is 2.30. The second-order valence-electron chi connectivity index (χ2n) is 4.95. The largest absolute Gasteiger partial charge is 0.377 e. The molecule has 0 saturated heterocycles. The standard InChI is InChI=1S/C15H20N2O/c1-15(2,18-4)14(16-3)12-9-5-7-11-8-6-10-17-13(11)12/h5-10,14,16H,1-4H3. The molecular formula is C15H20N2O. The Kier molecular flexibility index (Phi) is 3.64. The molecule has 1 aromatic carbocycles. The van der Waals surface area contributed by atoms with Crippen LogP contribution in [-0.2, 0) is 4.74 Å². The van der Waals surface area contributed by atoms with Crippen molar-refractivity contribution >= 4 is 10.9 Å². The molecule has 3 heteroatoms. The van der Waals surface area contributed by atoms with Crippen molar-refractivity contribution < 1.29 is 4.74 Å². The fraction of sp³-hybridized carbons (Fsp3) is 0.400. The second-order valence-corrected chi connectivity index (χ2v) is 4.95. The summed E-state index contributed by atoms with van der Waals surface area (Å²) >= 11 is 0. The van der Waals surface area contributed by atoms with Crippen molar-refractivity contribution in [3.8, 4) is 0 Å². The number of rotatable bonds is 4. The summed E-state index contributed by atoms with van der Waals surface area (Å²) in [5, 5.41) is 4.49. The van der Waals surface area contributed by atoms with Gasteiger partial charge in [0.15, 0.2) is 0 Å². The van der Waals surface area contributed by atoms with Crippen LogP contribution in [0.5, 0.6) is 0 Å². The van der Waals surface area contributed by atoms with Gasteiger partial charge in [0, 0.05) is 18.7 Å². The highest BCUT2D eigenvalue weighted by Crippen LogP contribution is 2.31. The van der Waals surface area contributed by atoms with Crippen molar-refractivity contribution in [3.05, 3.63) is 42.1 Å². The third-order valence-corrected chi connectivity index (χ3v) is 3.48. The second kappa shape index (κ2) is 5.04. The fourth-order valence-corrected chi connectivity index (χ4v) is 2.36.